The molecule has 2 aromatic rings. The molecule has 22 heavy (non-hydrogen) atoms. The number of hydrogen-bond acceptors (Lipinski definition) is 5. The average Bonchev–Trinajstić information content (AvgIpc) is 3.01. The lowest BCUT2D eigenvalue weighted by atomic mass is 10.1. The van der Waals surface area contributed by atoms with Crippen molar-refractivity contribution in [2.24, 2.45) is 0 Å². The maximum atomic E-state index is 12.3. The predicted molar refractivity (Wildman–Crippen MR) is 91.6 cm³/mol. The smallest absolute Gasteiger partial charge is 0.251 e. The van der Waals surface area contributed by atoms with Gasteiger partial charge in [-0.2, -0.15) is 11.3 Å². The number of amides is 1. The number of hydrogen-bond donors (Lipinski definition) is 1. The molecule has 118 valence electrons. The number of likely N-dealkylation sites (N-methyl/N-ethyl adjacent to an activating group) is 1. The molecule has 1 unspecified atom stereocenters. The minimum atomic E-state index is -0.0763. The lowest BCUT2D eigenvalue weighted by Crippen LogP contribution is -2.34. The highest BCUT2D eigenvalue weighted by Crippen LogP contribution is 2.20. The summed E-state index contributed by atoms with van der Waals surface area (Å²) in [5.74, 6) is 0.697. The first-order valence-corrected chi connectivity index (χ1v) is 8.03. The second-order valence-electron chi connectivity index (χ2n) is 5.54. The fourth-order valence-electron chi connectivity index (χ4n) is 2.16. The van der Waals surface area contributed by atoms with Gasteiger partial charge in [-0.1, -0.05) is 0 Å². The lowest BCUT2D eigenvalue weighted by Gasteiger charge is -2.24. The topological polar surface area (TPSA) is 48.5 Å². The van der Waals surface area contributed by atoms with Crippen LogP contribution >= 0.6 is 11.3 Å². The van der Waals surface area contributed by atoms with Crippen LogP contribution in [0.2, 0.25) is 0 Å². The number of aromatic nitrogens is 1. The summed E-state index contributed by atoms with van der Waals surface area (Å²) in [6.45, 7) is 0.572. The van der Waals surface area contributed by atoms with Crippen LogP contribution in [0.3, 0.4) is 0 Å². The molecule has 2 rings (SSSR count). The fraction of sp³-hybridized carbons (Fsp3) is 0.375. The second kappa shape index (κ2) is 7.38. The van der Waals surface area contributed by atoms with Crippen molar-refractivity contribution in [2.45, 2.75) is 6.04 Å². The molecule has 2 heterocycles. The minimum absolute atomic E-state index is 0.0763. The standard InChI is InChI=1S/C16H22N4OS/c1-19(2)14(13-6-8-22-11-13)10-18-16(21)12-5-7-17-15(9-12)20(3)4/h5-9,11,14H,10H2,1-4H3,(H,18,21). The normalized spacial score (nSPS) is 12.2. The molecule has 0 aromatic carbocycles. The molecule has 0 saturated heterocycles. The SMILES string of the molecule is CN(C)c1cc(C(=O)NCC(c2ccsc2)N(C)C)ccn1. The molecule has 6 heteroatoms. The Labute approximate surface area is 135 Å². The largest absolute Gasteiger partial charge is 0.363 e. The number of nitrogens with one attached hydrogen (secondary N) is 1. The zero-order valence-electron chi connectivity index (χ0n) is 13.4. The van der Waals surface area contributed by atoms with E-state index < -0.39 is 0 Å². The lowest BCUT2D eigenvalue weighted by molar-refractivity contribution is 0.0942. The van der Waals surface area contributed by atoms with Gasteiger partial charge in [-0.25, -0.2) is 4.98 Å². The van der Waals surface area contributed by atoms with Gasteiger partial charge in [0.25, 0.3) is 5.91 Å². The van der Waals surface area contributed by atoms with Gasteiger partial charge in [0.1, 0.15) is 5.82 Å². The molecule has 2 aromatic heterocycles. The first-order valence-electron chi connectivity index (χ1n) is 7.09. The van der Waals surface area contributed by atoms with Crippen LogP contribution in [0.4, 0.5) is 5.82 Å². The van der Waals surface area contributed by atoms with Crippen molar-refractivity contribution in [2.75, 3.05) is 39.6 Å². The van der Waals surface area contributed by atoms with E-state index in [2.05, 4.69) is 32.0 Å². The zero-order valence-corrected chi connectivity index (χ0v) is 14.2. The molecule has 1 N–H and O–H groups in total. The van der Waals surface area contributed by atoms with E-state index in [1.54, 1.807) is 29.7 Å². The molecule has 1 atom stereocenters. The van der Waals surface area contributed by atoms with E-state index in [0.717, 1.165) is 5.82 Å². The van der Waals surface area contributed by atoms with Crippen molar-refractivity contribution in [1.82, 2.24) is 15.2 Å². The molecule has 1 amide bonds. The number of pyridine rings is 1. The van der Waals surface area contributed by atoms with Crippen molar-refractivity contribution in [3.63, 3.8) is 0 Å². The van der Waals surface area contributed by atoms with Gasteiger partial charge in [-0.3, -0.25) is 4.79 Å². The minimum Gasteiger partial charge on any atom is -0.363 e. The number of nitrogens with zero attached hydrogens (tertiary/aromatic N) is 3. The van der Waals surface area contributed by atoms with Crippen LogP contribution in [-0.4, -0.2) is 50.5 Å². The molecule has 0 bridgehead atoms. The van der Waals surface area contributed by atoms with E-state index in [0.29, 0.717) is 12.1 Å². The second-order valence-corrected chi connectivity index (χ2v) is 6.32. The summed E-state index contributed by atoms with van der Waals surface area (Å²) < 4.78 is 0. The molecule has 0 aliphatic carbocycles. The van der Waals surface area contributed by atoms with Gasteiger partial charge in [-0.05, 0) is 48.6 Å². The summed E-state index contributed by atoms with van der Waals surface area (Å²) in [6.07, 6.45) is 1.66. The Kier molecular flexibility index (Phi) is 5.51. The van der Waals surface area contributed by atoms with E-state index in [4.69, 9.17) is 0 Å². The van der Waals surface area contributed by atoms with Crippen LogP contribution in [0.5, 0.6) is 0 Å². The molecule has 0 aliphatic rings. The Morgan fingerprint density at radius 2 is 2.09 bits per heavy atom. The summed E-state index contributed by atoms with van der Waals surface area (Å²) >= 11 is 1.67. The van der Waals surface area contributed by atoms with Crippen LogP contribution in [0.15, 0.2) is 35.2 Å². The number of carbonyl (C=O) groups excluding carboxylic acids is 1. The zero-order chi connectivity index (χ0) is 16.1. The van der Waals surface area contributed by atoms with Gasteiger partial charge in [0, 0.05) is 32.4 Å². The number of rotatable bonds is 6. The summed E-state index contributed by atoms with van der Waals surface area (Å²) in [4.78, 5) is 20.6. The third kappa shape index (κ3) is 4.05. The molecule has 0 fully saturated rings. The van der Waals surface area contributed by atoms with Crippen molar-refractivity contribution < 1.29 is 4.79 Å². The number of anilines is 1. The van der Waals surface area contributed by atoms with Crippen molar-refractivity contribution in [3.05, 3.63) is 46.3 Å². The summed E-state index contributed by atoms with van der Waals surface area (Å²) in [5.41, 5.74) is 1.85. The van der Waals surface area contributed by atoms with Crippen LogP contribution < -0.4 is 10.2 Å². The highest BCUT2D eigenvalue weighted by atomic mass is 32.1. The monoisotopic (exact) mass is 318 g/mol. The van der Waals surface area contributed by atoms with Crippen LogP contribution in [0.1, 0.15) is 22.0 Å². The molecular weight excluding hydrogens is 296 g/mol. The van der Waals surface area contributed by atoms with E-state index in [9.17, 15) is 4.79 Å². The molecule has 5 nitrogen and oxygen atoms in total. The van der Waals surface area contributed by atoms with Crippen LogP contribution in [0.25, 0.3) is 0 Å². The first kappa shape index (κ1) is 16.5. The van der Waals surface area contributed by atoms with Crippen LogP contribution in [0, 0.1) is 0 Å². The average molecular weight is 318 g/mol. The molecule has 0 aliphatic heterocycles. The van der Waals surface area contributed by atoms with Gasteiger partial charge in [0.15, 0.2) is 0 Å². The van der Waals surface area contributed by atoms with Gasteiger partial charge in [0.05, 0.1) is 6.04 Å². The first-order chi connectivity index (χ1) is 10.5. The predicted octanol–water partition coefficient (Wildman–Crippen LogP) is 2.24. The van der Waals surface area contributed by atoms with Crippen molar-refractivity contribution in [1.29, 1.82) is 0 Å². The van der Waals surface area contributed by atoms with E-state index in [1.165, 1.54) is 5.56 Å². The molecule has 0 radical (unpaired) electrons. The maximum Gasteiger partial charge on any atom is 0.251 e. The Morgan fingerprint density at radius 3 is 2.68 bits per heavy atom. The summed E-state index contributed by atoms with van der Waals surface area (Å²) in [5, 5.41) is 7.19. The van der Waals surface area contributed by atoms with Gasteiger partial charge >= 0.3 is 0 Å². The van der Waals surface area contributed by atoms with E-state index >= 15 is 0 Å². The summed E-state index contributed by atoms with van der Waals surface area (Å²) in [6, 6.07) is 5.80. The van der Waals surface area contributed by atoms with Crippen LogP contribution in [-0.2, 0) is 0 Å². The fourth-order valence-corrected chi connectivity index (χ4v) is 2.87. The Bertz CT molecular complexity index is 610. The van der Waals surface area contributed by atoms with Gasteiger partial charge in [0.2, 0.25) is 0 Å². The third-order valence-electron chi connectivity index (χ3n) is 3.47. The molecule has 0 saturated carbocycles. The van der Waals surface area contributed by atoms with Crippen molar-refractivity contribution >= 4 is 23.1 Å². The molecule has 0 spiro atoms. The Morgan fingerprint density at radius 1 is 1.32 bits per heavy atom. The quantitative estimate of drug-likeness (QED) is 0.887. The Hall–Kier alpha value is -1.92. The maximum absolute atomic E-state index is 12.3. The van der Waals surface area contributed by atoms with Gasteiger partial charge in [-0.15, -0.1) is 0 Å². The van der Waals surface area contributed by atoms with E-state index in [1.807, 2.05) is 33.1 Å². The summed E-state index contributed by atoms with van der Waals surface area (Å²) in [7, 11) is 7.85. The number of carbonyl (C=O) groups is 1. The third-order valence-corrected chi connectivity index (χ3v) is 4.17. The number of thiophene rings is 1. The van der Waals surface area contributed by atoms with Gasteiger partial charge < -0.3 is 15.1 Å². The highest BCUT2D eigenvalue weighted by molar-refractivity contribution is 7.07. The van der Waals surface area contributed by atoms with E-state index in [-0.39, 0.29) is 11.9 Å². The Balaban J connectivity index is 2.04. The van der Waals surface area contributed by atoms with Crippen molar-refractivity contribution in [3.8, 4) is 0 Å². The highest BCUT2D eigenvalue weighted by Gasteiger charge is 2.16. The molecular formula is C16H22N4OS.